The molecule has 1 saturated heterocycles. The maximum Gasteiger partial charge on any atom is 0.235 e. The van der Waals surface area contributed by atoms with Crippen LogP contribution in [0, 0.1) is 31.1 Å². The molecule has 0 aromatic carbocycles. The van der Waals surface area contributed by atoms with Gasteiger partial charge in [-0.25, -0.2) is 8.42 Å². The van der Waals surface area contributed by atoms with Crippen molar-refractivity contribution < 1.29 is 13.2 Å². The van der Waals surface area contributed by atoms with Gasteiger partial charge in [0.2, 0.25) is 5.91 Å². The van der Waals surface area contributed by atoms with Crippen LogP contribution >= 0.6 is 0 Å². The van der Waals surface area contributed by atoms with Gasteiger partial charge in [-0.05, 0) is 53.0 Å². The van der Waals surface area contributed by atoms with Crippen LogP contribution in [0.5, 0.6) is 0 Å². The van der Waals surface area contributed by atoms with E-state index < -0.39 is 15.4 Å². The zero-order valence-electron chi connectivity index (χ0n) is 17.0. The van der Waals surface area contributed by atoms with Crippen molar-refractivity contribution in [3.8, 4) is 6.07 Å². The molecule has 2 atom stereocenters. The minimum absolute atomic E-state index is 0.110. The Morgan fingerprint density at radius 3 is 2.61 bits per heavy atom. The van der Waals surface area contributed by atoms with Crippen molar-refractivity contribution in [2.24, 2.45) is 5.92 Å². The van der Waals surface area contributed by atoms with Crippen molar-refractivity contribution in [3.05, 3.63) is 17.0 Å². The molecule has 2 aliphatic rings. The van der Waals surface area contributed by atoms with Gasteiger partial charge in [-0.3, -0.25) is 14.4 Å². The van der Waals surface area contributed by atoms with Crippen LogP contribution < -0.4 is 5.32 Å². The van der Waals surface area contributed by atoms with E-state index in [-0.39, 0.29) is 35.9 Å². The van der Waals surface area contributed by atoms with Crippen LogP contribution in [-0.2, 0) is 21.2 Å². The molecule has 0 spiro atoms. The fraction of sp³-hybridized carbons (Fsp3) is 0.737. The number of hydrogen-bond acceptors (Lipinski definition) is 6. The second kappa shape index (κ2) is 7.48. The maximum atomic E-state index is 12.4. The molecular formula is C19H29N5O3S. The third kappa shape index (κ3) is 4.39. The highest BCUT2D eigenvalue weighted by atomic mass is 32.2. The number of nitrogens with one attached hydrogen (secondary N) is 1. The molecule has 1 N–H and O–H groups in total. The minimum Gasteiger partial charge on any atom is -0.337 e. The number of sulfone groups is 1. The van der Waals surface area contributed by atoms with Gasteiger partial charge in [0.05, 0.1) is 35.9 Å². The van der Waals surface area contributed by atoms with Crippen molar-refractivity contribution in [2.75, 3.05) is 25.1 Å². The Balaban J connectivity index is 1.63. The van der Waals surface area contributed by atoms with Crippen LogP contribution in [0.4, 0.5) is 0 Å². The summed E-state index contributed by atoms with van der Waals surface area (Å²) in [4.78, 5) is 14.3. The molecular weight excluding hydrogens is 378 g/mol. The lowest BCUT2D eigenvalue weighted by molar-refractivity contribution is -0.123. The molecule has 1 saturated carbocycles. The molecule has 2 heterocycles. The SMILES string of the molecule is Cc1nn([C@@H]2CCS(=O)(=O)C2)c(C)c1CN(C)CC(=O)N[C@@](C)(C#N)C1CC1. The van der Waals surface area contributed by atoms with Gasteiger partial charge in [0.15, 0.2) is 9.84 Å². The van der Waals surface area contributed by atoms with Gasteiger partial charge in [-0.1, -0.05) is 0 Å². The number of aryl methyl sites for hydroxylation is 1. The second-order valence-electron chi connectivity index (χ2n) is 8.46. The Labute approximate surface area is 166 Å². The van der Waals surface area contributed by atoms with Crippen molar-refractivity contribution >= 4 is 15.7 Å². The Kier molecular flexibility index (Phi) is 5.56. The number of carbonyl (C=O) groups is 1. The van der Waals surface area contributed by atoms with E-state index in [0.717, 1.165) is 29.8 Å². The van der Waals surface area contributed by atoms with Gasteiger partial charge in [0.1, 0.15) is 5.54 Å². The van der Waals surface area contributed by atoms with Crippen LogP contribution in [0.15, 0.2) is 0 Å². The number of amides is 1. The van der Waals surface area contributed by atoms with Gasteiger partial charge in [0.25, 0.3) is 0 Å². The molecule has 0 bridgehead atoms. The molecule has 1 aliphatic carbocycles. The standard InChI is InChI=1S/C19H29N5O3S/c1-13-17(14(2)24(22-13)16-7-8-28(26,27)11-16)9-23(4)10-18(25)21-19(3,12-20)15-5-6-15/h15-16H,5-11H2,1-4H3,(H,21,25)/t16-,19+/m1/s1. The number of hydrogen-bond donors (Lipinski definition) is 1. The summed E-state index contributed by atoms with van der Waals surface area (Å²) < 4.78 is 25.4. The molecule has 3 rings (SSSR count). The summed E-state index contributed by atoms with van der Waals surface area (Å²) >= 11 is 0. The predicted molar refractivity (Wildman–Crippen MR) is 105 cm³/mol. The lowest BCUT2D eigenvalue weighted by Crippen LogP contribution is -2.49. The van der Waals surface area contributed by atoms with Crippen molar-refractivity contribution in [3.63, 3.8) is 0 Å². The second-order valence-corrected chi connectivity index (χ2v) is 10.7. The van der Waals surface area contributed by atoms with E-state index in [1.807, 2.05) is 30.5 Å². The van der Waals surface area contributed by atoms with E-state index >= 15 is 0 Å². The summed E-state index contributed by atoms with van der Waals surface area (Å²) in [5, 5.41) is 16.9. The molecule has 0 unspecified atom stereocenters. The highest BCUT2D eigenvalue weighted by molar-refractivity contribution is 7.91. The van der Waals surface area contributed by atoms with Crippen molar-refractivity contribution in [2.45, 2.75) is 58.2 Å². The average Bonchev–Trinajstić information content (AvgIpc) is 3.35. The number of nitrogens with zero attached hydrogens (tertiary/aromatic N) is 4. The fourth-order valence-corrected chi connectivity index (χ4v) is 5.72. The first kappa shape index (κ1) is 20.8. The van der Waals surface area contributed by atoms with Gasteiger partial charge in [-0.2, -0.15) is 10.4 Å². The predicted octanol–water partition coefficient (Wildman–Crippen LogP) is 1.10. The molecule has 154 valence electrons. The van der Waals surface area contributed by atoms with Crippen LogP contribution in [0.25, 0.3) is 0 Å². The van der Waals surface area contributed by atoms with Crippen molar-refractivity contribution in [1.82, 2.24) is 20.0 Å². The molecule has 1 aromatic rings. The maximum absolute atomic E-state index is 12.4. The Morgan fingerprint density at radius 1 is 1.39 bits per heavy atom. The molecule has 0 radical (unpaired) electrons. The third-order valence-corrected chi connectivity index (χ3v) is 7.65. The largest absolute Gasteiger partial charge is 0.337 e. The topological polar surface area (TPSA) is 108 Å². The van der Waals surface area contributed by atoms with Crippen molar-refractivity contribution in [1.29, 1.82) is 5.26 Å². The normalized spacial score (nSPS) is 23.4. The zero-order valence-corrected chi connectivity index (χ0v) is 17.8. The molecule has 8 nitrogen and oxygen atoms in total. The Bertz CT molecular complexity index is 913. The Hall–Kier alpha value is -1.92. The number of nitriles is 1. The number of carbonyl (C=O) groups excluding carboxylic acids is 1. The van der Waals surface area contributed by atoms with E-state index in [0.29, 0.717) is 13.0 Å². The molecule has 1 aromatic heterocycles. The van der Waals surface area contributed by atoms with Crippen LogP contribution in [0.1, 0.15) is 49.2 Å². The molecule has 28 heavy (non-hydrogen) atoms. The minimum atomic E-state index is -2.98. The quantitative estimate of drug-likeness (QED) is 0.725. The molecule has 1 aliphatic heterocycles. The Morgan fingerprint density at radius 2 is 2.07 bits per heavy atom. The van der Waals surface area contributed by atoms with Gasteiger partial charge >= 0.3 is 0 Å². The fourth-order valence-electron chi connectivity index (χ4n) is 4.03. The van der Waals surface area contributed by atoms with Gasteiger partial charge in [-0.15, -0.1) is 0 Å². The summed E-state index contributed by atoms with van der Waals surface area (Å²) in [5.74, 6) is 0.435. The molecule has 2 fully saturated rings. The van der Waals surface area contributed by atoms with Crippen LogP contribution in [-0.4, -0.2) is 59.6 Å². The summed E-state index contributed by atoms with van der Waals surface area (Å²) in [5.41, 5.74) is 2.04. The van der Waals surface area contributed by atoms with Gasteiger partial charge in [0, 0.05) is 17.8 Å². The average molecular weight is 408 g/mol. The lowest BCUT2D eigenvalue weighted by atomic mass is 9.98. The first-order chi connectivity index (χ1) is 13.0. The third-order valence-electron chi connectivity index (χ3n) is 5.90. The summed E-state index contributed by atoms with van der Waals surface area (Å²) in [6, 6.07) is 2.13. The summed E-state index contributed by atoms with van der Waals surface area (Å²) in [6.45, 7) is 6.38. The summed E-state index contributed by atoms with van der Waals surface area (Å²) in [6.07, 6.45) is 2.55. The van der Waals surface area contributed by atoms with E-state index in [1.165, 1.54) is 0 Å². The zero-order chi connectivity index (χ0) is 20.7. The number of rotatable bonds is 7. The van der Waals surface area contributed by atoms with E-state index in [2.05, 4.69) is 16.5 Å². The first-order valence-electron chi connectivity index (χ1n) is 9.70. The lowest BCUT2D eigenvalue weighted by Gasteiger charge is -2.25. The number of likely N-dealkylation sites (N-methyl/N-ethyl adjacent to an activating group) is 1. The first-order valence-corrected chi connectivity index (χ1v) is 11.5. The van der Waals surface area contributed by atoms with Gasteiger partial charge < -0.3 is 5.32 Å². The smallest absolute Gasteiger partial charge is 0.235 e. The molecule has 1 amide bonds. The molecule has 9 heteroatoms. The van der Waals surface area contributed by atoms with Crippen LogP contribution in [0.2, 0.25) is 0 Å². The number of aromatic nitrogens is 2. The van der Waals surface area contributed by atoms with Crippen LogP contribution in [0.3, 0.4) is 0 Å². The van der Waals surface area contributed by atoms with E-state index in [1.54, 1.807) is 6.92 Å². The monoisotopic (exact) mass is 407 g/mol. The summed E-state index contributed by atoms with van der Waals surface area (Å²) in [7, 11) is -1.12. The highest BCUT2D eigenvalue weighted by Crippen LogP contribution is 2.39. The van der Waals surface area contributed by atoms with E-state index in [4.69, 9.17) is 0 Å². The van der Waals surface area contributed by atoms with E-state index in [9.17, 15) is 18.5 Å². The highest BCUT2D eigenvalue weighted by Gasteiger charge is 2.43.